The zero-order valence-corrected chi connectivity index (χ0v) is 27.5. The highest BCUT2D eigenvalue weighted by Crippen LogP contribution is 2.33. The molecule has 0 radical (unpaired) electrons. The summed E-state index contributed by atoms with van der Waals surface area (Å²) in [5.41, 5.74) is -0.675. The van der Waals surface area contributed by atoms with E-state index in [2.05, 4.69) is 10.6 Å². The van der Waals surface area contributed by atoms with Gasteiger partial charge in [-0.1, -0.05) is 78.3 Å². The Kier molecular flexibility index (Phi) is 12.2. The Morgan fingerprint density at radius 1 is 0.755 bits per heavy atom. The molecule has 49 heavy (non-hydrogen) atoms. The van der Waals surface area contributed by atoms with E-state index >= 15 is 0 Å². The molecule has 4 aromatic rings. The zero-order chi connectivity index (χ0) is 35.6. The Hall–Kier alpha value is -5.16. The van der Waals surface area contributed by atoms with E-state index < -0.39 is 40.9 Å². The molecule has 0 aliphatic heterocycles. The molecular weight excluding hydrogens is 661 g/mol. The molecule has 0 saturated heterocycles. The van der Waals surface area contributed by atoms with Gasteiger partial charge in [0.25, 0.3) is 0 Å². The monoisotopic (exact) mass is 694 g/mol. The maximum atomic E-state index is 13.3. The number of hydrogen-bond acceptors (Lipinski definition) is 6. The van der Waals surface area contributed by atoms with Crippen LogP contribution in [0, 0.1) is 0 Å². The first-order valence-corrected chi connectivity index (χ1v) is 15.8. The minimum atomic E-state index is -4.50. The van der Waals surface area contributed by atoms with Gasteiger partial charge in [0, 0.05) is 19.5 Å². The molecule has 0 spiro atoms. The quantitative estimate of drug-likeness (QED) is 0.0893. The highest BCUT2D eigenvalue weighted by atomic mass is 35.5. The Balaban J connectivity index is 1.43. The van der Waals surface area contributed by atoms with Crippen LogP contribution in [0.25, 0.3) is 11.1 Å². The summed E-state index contributed by atoms with van der Waals surface area (Å²) in [4.78, 5) is 52.6. The maximum Gasteiger partial charge on any atom is 0.416 e. The molecule has 0 fully saturated rings. The maximum absolute atomic E-state index is 13.3. The van der Waals surface area contributed by atoms with E-state index in [9.17, 15) is 32.3 Å². The lowest BCUT2D eigenvalue weighted by Crippen LogP contribution is -2.55. The number of ether oxygens (including phenoxy) is 2. The second-order valence-corrected chi connectivity index (χ2v) is 11.3. The topological polar surface area (TPSA) is 111 Å². The smallest absolute Gasteiger partial charge is 0.416 e. The van der Waals surface area contributed by atoms with Crippen LogP contribution in [-0.2, 0) is 37.1 Å². The van der Waals surface area contributed by atoms with Crippen LogP contribution in [0.5, 0.6) is 5.75 Å². The molecule has 256 valence electrons. The predicted octanol–water partition coefficient (Wildman–Crippen LogP) is 6.93. The fraction of sp³-hybridized carbons (Fsp3) is 0.243. The van der Waals surface area contributed by atoms with Crippen LogP contribution in [-0.4, -0.2) is 43.4 Å². The van der Waals surface area contributed by atoms with Gasteiger partial charge >= 0.3 is 18.1 Å². The molecular formula is C37H34ClF3N2O6. The van der Waals surface area contributed by atoms with Crippen molar-refractivity contribution in [3.05, 3.63) is 124 Å². The number of esters is 2. The van der Waals surface area contributed by atoms with Crippen LogP contribution in [0.3, 0.4) is 0 Å². The Morgan fingerprint density at radius 3 is 1.96 bits per heavy atom. The lowest BCUT2D eigenvalue weighted by atomic mass is 9.75. The van der Waals surface area contributed by atoms with Gasteiger partial charge in [-0.25, -0.2) is 4.79 Å². The summed E-state index contributed by atoms with van der Waals surface area (Å²) in [6.45, 7) is 3.84. The molecule has 2 N–H and O–H groups in total. The van der Waals surface area contributed by atoms with Gasteiger partial charge in [-0.2, -0.15) is 13.2 Å². The van der Waals surface area contributed by atoms with Gasteiger partial charge in [0.15, 0.2) is 5.41 Å². The van der Waals surface area contributed by atoms with Crippen molar-refractivity contribution in [3.63, 3.8) is 0 Å². The van der Waals surface area contributed by atoms with Gasteiger partial charge in [0.1, 0.15) is 5.75 Å². The van der Waals surface area contributed by atoms with Gasteiger partial charge in [-0.15, -0.1) is 0 Å². The number of nitrogens with one attached hydrogen (secondary N) is 2. The minimum Gasteiger partial charge on any atom is -0.465 e. The fourth-order valence-electron chi connectivity index (χ4n) is 5.26. The Labute approximate surface area is 286 Å². The van der Waals surface area contributed by atoms with Crippen molar-refractivity contribution in [3.8, 4) is 16.9 Å². The minimum absolute atomic E-state index is 0.00234. The number of hydrogen-bond donors (Lipinski definition) is 2. The van der Waals surface area contributed by atoms with E-state index in [0.29, 0.717) is 35.3 Å². The number of likely N-dealkylation sites (N-methyl/N-ethyl adjacent to an activating group) is 2. The highest BCUT2D eigenvalue weighted by molar-refractivity contribution is 6.32. The van der Waals surface area contributed by atoms with Gasteiger partial charge in [0.05, 0.1) is 29.2 Å². The zero-order valence-electron chi connectivity index (χ0n) is 26.7. The van der Waals surface area contributed by atoms with Crippen LogP contribution in [0.15, 0.2) is 97.1 Å². The van der Waals surface area contributed by atoms with Crippen molar-refractivity contribution in [1.29, 1.82) is 0 Å². The highest BCUT2D eigenvalue weighted by Gasteiger charge is 2.47. The number of carbonyl (C=O) groups is 4. The molecule has 0 aromatic heterocycles. The van der Waals surface area contributed by atoms with Gasteiger partial charge in [-0.05, 0) is 66.4 Å². The summed E-state index contributed by atoms with van der Waals surface area (Å²) in [5.74, 6) is -2.45. The third-order valence-electron chi connectivity index (χ3n) is 7.67. The van der Waals surface area contributed by atoms with Crippen LogP contribution in [0.1, 0.15) is 47.3 Å². The van der Waals surface area contributed by atoms with Crippen molar-refractivity contribution < 1.29 is 41.8 Å². The number of benzene rings is 4. The lowest BCUT2D eigenvalue weighted by molar-refractivity contribution is -0.147. The molecule has 2 amide bonds. The largest absolute Gasteiger partial charge is 0.465 e. The van der Waals surface area contributed by atoms with E-state index in [1.807, 2.05) is 0 Å². The fourth-order valence-corrected chi connectivity index (χ4v) is 5.50. The molecule has 4 rings (SSSR count). The molecule has 0 bridgehead atoms. The number of alkyl halides is 3. The SMILES string of the molecule is CCNC(=O)C(CCOC(=O)Cc1ccc(OC(=O)c2ccccc2-c2ccc(C(F)(F)F)cc2)c(Cl)c1)(C(=O)NCC)c1ccccc1. The summed E-state index contributed by atoms with van der Waals surface area (Å²) in [7, 11) is 0. The first-order valence-electron chi connectivity index (χ1n) is 15.5. The van der Waals surface area contributed by atoms with Crippen molar-refractivity contribution in [1.82, 2.24) is 10.6 Å². The van der Waals surface area contributed by atoms with Gasteiger partial charge in [-0.3, -0.25) is 14.4 Å². The van der Waals surface area contributed by atoms with Crippen molar-refractivity contribution in [2.45, 2.75) is 38.3 Å². The van der Waals surface area contributed by atoms with Crippen LogP contribution in [0.4, 0.5) is 13.2 Å². The molecule has 0 aliphatic carbocycles. The first kappa shape index (κ1) is 36.7. The summed E-state index contributed by atoms with van der Waals surface area (Å²) in [5, 5.41) is 5.48. The number of amides is 2. The molecule has 0 saturated carbocycles. The van der Waals surface area contributed by atoms with E-state index in [4.69, 9.17) is 21.1 Å². The summed E-state index contributed by atoms with van der Waals surface area (Å²) < 4.78 is 50.1. The second kappa shape index (κ2) is 16.3. The van der Waals surface area contributed by atoms with Crippen LogP contribution in [0.2, 0.25) is 5.02 Å². The molecule has 0 aliphatic rings. The molecule has 0 atom stereocenters. The molecule has 8 nitrogen and oxygen atoms in total. The number of halogens is 4. The average molecular weight is 695 g/mol. The average Bonchev–Trinajstić information content (AvgIpc) is 3.08. The third kappa shape index (κ3) is 8.85. The van der Waals surface area contributed by atoms with Crippen molar-refractivity contribution in [2.75, 3.05) is 19.7 Å². The van der Waals surface area contributed by atoms with E-state index in [1.165, 1.54) is 36.4 Å². The predicted molar refractivity (Wildman–Crippen MR) is 178 cm³/mol. The first-order chi connectivity index (χ1) is 23.4. The van der Waals surface area contributed by atoms with Crippen LogP contribution < -0.4 is 15.4 Å². The Morgan fingerprint density at radius 2 is 1.37 bits per heavy atom. The molecule has 12 heteroatoms. The lowest BCUT2D eigenvalue weighted by Gasteiger charge is -2.31. The van der Waals surface area contributed by atoms with E-state index in [-0.39, 0.29) is 35.8 Å². The Bertz CT molecular complexity index is 1780. The summed E-state index contributed by atoms with van der Waals surface area (Å²) in [6, 6.07) is 23.7. The van der Waals surface area contributed by atoms with E-state index in [1.54, 1.807) is 62.4 Å². The second-order valence-electron chi connectivity index (χ2n) is 10.9. The molecule has 4 aromatic carbocycles. The summed E-state index contributed by atoms with van der Waals surface area (Å²) in [6.07, 6.45) is -4.81. The number of carbonyl (C=O) groups excluding carboxylic acids is 4. The standard InChI is InChI=1S/C37H34ClF3N2O6/c1-3-42-34(46)36(35(47)43-4-2,26-10-6-5-7-11-26)20-21-48-32(44)23-24-14-19-31(30(38)22-24)49-33(45)29-13-9-8-12-28(29)25-15-17-27(18-16-25)37(39,40)41/h5-19,22H,3-4,20-21,23H2,1-2H3,(H,42,46)(H,43,47). The van der Waals surface area contributed by atoms with Crippen molar-refractivity contribution in [2.24, 2.45) is 0 Å². The van der Waals surface area contributed by atoms with Crippen molar-refractivity contribution >= 4 is 35.4 Å². The van der Waals surface area contributed by atoms with Gasteiger partial charge < -0.3 is 20.1 Å². The molecule has 0 unspecified atom stereocenters. The molecule has 0 heterocycles. The normalized spacial score (nSPS) is 11.4. The van der Waals surface area contributed by atoms with Crippen LogP contribution >= 0.6 is 11.6 Å². The summed E-state index contributed by atoms with van der Waals surface area (Å²) >= 11 is 6.40. The number of rotatable bonds is 13. The third-order valence-corrected chi connectivity index (χ3v) is 7.97. The van der Waals surface area contributed by atoms with Gasteiger partial charge in [0.2, 0.25) is 11.8 Å². The van der Waals surface area contributed by atoms with E-state index in [0.717, 1.165) is 12.1 Å².